The molecule has 1 aliphatic rings. The van der Waals surface area contributed by atoms with Gasteiger partial charge in [0.2, 0.25) is 0 Å². The molecule has 1 aliphatic heterocycles. The number of hydrogen-bond donors (Lipinski definition) is 0. The minimum Gasteiger partial charge on any atom is -0.421 e. The predicted octanol–water partition coefficient (Wildman–Crippen LogP) is 3.80. The van der Waals surface area contributed by atoms with Crippen molar-refractivity contribution in [2.75, 3.05) is 0 Å². The fourth-order valence-electron chi connectivity index (χ4n) is 1.89. The minimum absolute atomic E-state index is 0.00455. The number of ether oxygens (including phenoxy) is 1. The van der Waals surface area contributed by atoms with Crippen molar-refractivity contribution in [1.82, 2.24) is 0 Å². The molecule has 0 radical (unpaired) electrons. The van der Waals surface area contributed by atoms with Crippen LogP contribution in [-0.4, -0.2) is 14.4 Å². The molecule has 2 aromatic rings. The lowest BCUT2D eigenvalue weighted by Gasteiger charge is -2.19. The molecule has 0 amide bonds. The van der Waals surface area contributed by atoms with E-state index in [1.165, 1.54) is 12.1 Å². The zero-order valence-electron chi connectivity index (χ0n) is 10.5. The topological polar surface area (TPSA) is 69.7 Å². The van der Waals surface area contributed by atoms with E-state index in [0.29, 0.717) is 7.14 Å². The summed E-state index contributed by atoms with van der Waals surface area (Å²) in [6.07, 6.45) is 0. The molecule has 0 spiro atoms. The molecule has 0 N–H and O–H groups in total. The van der Waals surface area contributed by atoms with Crippen LogP contribution < -0.4 is 8.92 Å². The summed E-state index contributed by atoms with van der Waals surface area (Å²) in [4.78, 5) is 12.3. The lowest BCUT2D eigenvalue weighted by molar-refractivity contribution is 0.0724. The largest absolute Gasteiger partial charge is 0.421 e. The number of halogens is 3. The van der Waals surface area contributed by atoms with Gasteiger partial charge in [-0.1, -0.05) is 12.1 Å². The number of rotatable bonds is 0. The van der Waals surface area contributed by atoms with Crippen LogP contribution in [0.5, 0.6) is 11.5 Å². The Kier molecular flexibility index (Phi) is 4.59. The number of hydrogen-bond acceptors (Lipinski definition) is 5. The molecule has 0 saturated carbocycles. The smallest absolute Gasteiger partial charge is 0.348 e. The maximum atomic E-state index is 12.4. The van der Waals surface area contributed by atoms with Crippen LogP contribution >= 0.6 is 67.8 Å². The third-order valence-electron chi connectivity index (χ3n) is 2.84. The Labute approximate surface area is 167 Å². The van der Waals surface area contributed by atoms with Gasteiger partial charge in [-0.3, -0.25) is 0 Å². The number of fused-ring (bicyclic) bond motifs is 2. The van der Waals surface area contributed by atoms with Gasteiger partial charge >= 0.3 is 16.1 Å². The predicted molar refractivity (Wildman–Crippen MR) is 104 cm³/mol. The second-order valence-corrected chi connectivity index (χ2v) is 9.15. The fourth-order valence-corrected chi connectivity index (χ4v) is 5.61. The van der Waals surface area contributed by atoms with Gasteiger partial charge in [-0.25, -0.2) is 4.79 Å². The zero-order valence-corrected chi connectivity index (χ0v) is 17.8. The first-order valence-corrected chi connectivity index (χ1v) is 10.4. The summed E-state index contributed by atoms with van der Waals surface area (Å²) in [5.41, 5.74) is 0.120. The van der Waals surface area contributed by atoms with E-state index in [-0.39, 0.29) is 22.0 Å². The molecular formula is C13H5I3O5S. The highest BCUT2D eigenvalue weighted by Gasteiger charge is 2.33. The van der Waals surface area contributed by atoms with Crippen LogP contribution in [0.15, 0.2) is 35.2 Å². The Morgan fingerprint density at radius 2 is 1.68 bits per heavy atom. The molecule has 0 aromatic heterocycles. The maximum Gasteiger partial charge on any atom is 0.348 e. The first kappa shape index (κ1) is 16.7. The normalized spacial score (nSPS) is 15.7. The Morgan fingerprint density at radius 1 is 1.00 bits per heavy atom. The van der Waals surface area contributed by atoms with E-state index in [1.54, 1.807) is 18.2 Å². The summed E-state index contributed by atoms with van der Waals surface area (Å²) in [6, 6.07) is 7.64. The van der Waals surface area contributed by atoms with Crippen molar-refractivity contribution in [2.24, 2.45) is 0 Å². The third kappa shape index (κ3) is 2.84. The molecule has 5 nitrogen and oxygen atoms in total. The summed E-state index contributed by atoms with van der Waals surface area (Å²) in [6.45, 7) is 0. The number of esters is 1. The van der Waals surface area contributed by atoms with Gasteiger partial charge < -0.3 is 8.92 Å². The first-order valence-electron chi connectivity index (χ1n) is 5.74. The monoisotopic (exact) mass is 654 g/mol. The summed E-state index contributed by atoms with van der Waals surface area (Å²) in [5, 5.41) is 0. The van der Waals surface area contributed by atoms with Crippen molar-refractivity contribution in [1.29, 1.82) is 0 Å². The second kappa shape index (κ2) is 6.05. The highest BCUT2D eigenvalue weighted by atomic mass is 127. The average Bonchev–Trinajstić information content (AvgIpc) is 2.44. The van der Waals surface area contributed by atoms with Crippen molar-refractivity contribution in [3.63, 3.8) is 0 Å². The first-order chi connectivity index (χ1) is 10.3. The van der Waals surface area contributed by atoms with E-state index in [1.807, 2.05) is 45.2 Å². The van der Waals surface area contributed by atoms with Gasteiger partial charge in [-0.15, -0.1) is 0 Å². The Hall–Kier alpha value is -0.150. The summed E-state index contributed by atoms with van der Waals surface area (Å²) in [7, 11) is -4.08. The van der Waals surface area contributed by atoms with Crippen LogP contribution in [0.1, 0.15) is 10.4 Å². The fraction of sp³-hybridized carbons (Fsp3) is 0. The Balaban J connectivity index is 2.33. The second-order valence-electron chi connectivity index (χ2n) is 4.23. The highest BCUT2D eigenvalue weighted by molar-refractivity contribution is 14.1. The quantitative estimate of drug-likeness (QED) is 0.142. The molecule has 0 bridgehead atoms. The maximum absolute atomic E-state index is 12.4. The summed E-state index contributed by atoms with van der Waals surface area (Å²) in [5.74, 6) is -0.675. The molecule has 0 atom stereocenters. The van der Waals surface area contributed by atoms with Crippen LogP contribution in [0.25, 0.3) is 0 Å². The van der Waals surface area contributed by atoms with Gasteiger partial charge in [-0.2, -0.15) is 8.42 Å². The van der Waals surface area contributed by atoms with Crippen molar-refractivity contribution in [3.8, 4) is 11.5 Å². The van der Waals surface area contributed by atoms with Crippen molar-refractivity contribution < 1.29 is 22.1 Å². The van der Waals surface area contributed by atoms with Crippen LogP contribution in [0.4, 0.5) is 0 Å². The molecule has 0 aliphatic carbocycles. The SMILES string of the molecule is O=C1Oc2ccccc2S(=O)(=O)Oc2c(I)cc(I)c(I)c21. The average molecular weight is 654 g/mol. The Morgan fingerprint density at radius 3 is 2.41 bits per heavy atom. The van der Waals surface area contributed by atoms with E-state index < -0.39 is 16.1 Å². The van der Waals surface area contributed by atoms with Crippen LogP contribution in [0.3, 0.4) is 0 Å². The lowest BCUT2D eigenvalue weighted by atomic mass is 10.2. The molecule has 22 heavy (non-hydrogen) atoms. The van der Waals surface area contributed by atoms with E-state index in [0.717, 1.165) is 3.57 Å². The van der Waals surface area contributed by atoms with Gasteiger partial charge in [-0.05, 0) is 86.0 Å². The standard InChI is InChI=1S/C13H5I3O5S/c14-6-5-7(15)12-10(11(6)16)13(17)20-8-3-1-2-4-9(8)22(18,19)21-12/h1-5H. The number of carbonyl (C=O) groups is 1. The van der Waals surface area contributed by atoms with Gasteiger partial charge in [0, 0.05) is 7.14 Å². The van der Waals surface area contributed by atoms with E-state index in [4.69, 9.17) is 8.92 Å². The zero-order chi connectivity index (χ0) is 16.1. The molecular weight excluding hydrogens is 649 g/mol. The molecule has 114 valence electrons. The molecule has 3 rings (SSSR count). The summed E-state index contributed by atoms with van der Waals surface area (Å²) < 4.78 is 37.3. The van der Waals surface area contributed by atoms with E-state index >= 15 is 0 Å². The molecule has 0 unspecified atom stereocenters. The third-order valence-corrected chi connectivity index (χ3v) is 7.91. The van der Waals surface area contributed by atoms with Crippen LogP contribution in [0.2, 0.25) is 0 Å². The van der Waals surface area contributed by atoms with E-state index in [2.05, 4.69) is 22.6 Å². The minimum atomic E-state index is -4.08. The van der Waals surface area contributed by atoms with Crippen LogP contribution in [0, 0.1) is 10.7 Å². The molecule has 0 saturated heterocycles. The van der Waals surface area contributed by atoms with E-state index in [9.17, 15) is 13.2 Å². The lowest BCUT2D eigenvalue weighted by Crippen LogP contribution is -2.22. The Bertz CT molecular complexity index is 908. The molecule has 2 aromatic carbocycles. The van der Waals surface area contributed by atoms with Crippen LogP contribution in [-0.2, 0) is 10.1 Å². The van der Waals surface area contributed by atoms with Crippen molar-refractivity contribution in [3.05, 3.63) is 46.6 Å². The van der Waals surface area contributed by atoms with Gasteiger partial charge in [0.15, 0.2) is 11.5 Å². The molecule has 0 fully saturated rings. The number of para-hydroxylation sites is 1. The summed E-state index contributed by atoms with van der Waals surface area (Å²) >= 11 is 5.98. The number of carbonyl (C=O) groups excluding carboxylic acids is 1. The number of benzene rings is 2. The van der Waals surface area contributed by atoms with Gasteiger partial charge in [0.05, 0.1) is 3.57 Å². The molecule has 1 heterocycles. The van der Waals surface area contributed by atoms with Crippen molar-refractivity contribution in [2.45, 2.75) is 4.90 Å². The highest BCUT2D eigenvalue weighted by Crippen LogP contribution is 2.39. The van der Waals surface area contributed by atoms with Gasteiger partial charge in [0.1, 0.15) is 10.5 Å². The molecule has 9 heteroatoms. The van der Waals surface area contributed by atoms with Gasteiger partial charge in [0.25, 0.3) is 0 Å². The van der Waals surface area contributed by atoms with Crippen molar-refractivity contribution >= 4 is 83.9 Å².